The van der Waals surface area contributed by atoms with Gasteiger partial charge in [-0.05, 0) is 51.0 Å². The van der Waals surface area contributed by atoms with Crippen LogP contribution in [0.2, 0.25) is 0 Å². The van der Waals surface area contributed by atoms with E-state index in [1.54, 1.807) is 0 Å². The van der Waals surface area contributed by atoms with E-state index in [0.29, 0.717) is 23.5 Å². The lowest BCUT2D eigenvalue weighted by Crippen LogP contribution is -2.40. The maximum absolute atomic E-state index is 11.3. The molecule has 0 spiro atoms. The van der Waals surface area contributed by atoms with Crippen molar-refractivity contribution >= 4 is 9.84 Å². The molecule has 0 atom stereocenters. The highest BCUT2D eigenvalue weighted by molar-refractivity contribution is 7.91. The molecule has 0 aromatic rings. The lowest BCUT2D eigenvalue weighted by atomic mass is 9.87. The fourth-order valence-corrected chi connectivity index (χ4v) is 4.27. The van der Waals surface area contributed by atoms with Gasteiger partial charge >= 0.3 is 0 Å². The molecule has 2 fully saturated rings. The number of sulfone groups is 1. The van der Waals surface area contributed by atoms with Gasteiger partial charge < -0.3 is 10.4 Å². The molecule has 1 aliphatic heterocycles. The Kier molecular flexibility index (Phi) is 4.44. The van der Waals surface area contributed by atoms with Crippen LogP contribution in [-0.4, -0.2) is 43.7 Å². The van der Waals surface area contributed by atoms with Gasteiger partial charge in [0, 0.05) is 6.04 Å². The number of hydrogen-bond donors (Lipinski definition) is 2. The molecule has 2 aliphatic rings. The highest BCUT2D eigenvalue weighted by atomic mass is 32.2. The Morgan fingerprint density at radius 1 is 1.00 bits per heavy atom. The molecule has 1 aliphatic carbocycles. The first-order chi connectivity index (χ1) is 8.05. The summed E-state index contributed by atoms with van der Waals surface area (Å²) in [6.07, 6.45) is 5.47. The van der Waals surface area contributed by atoms with Crippen LogP contribution in [0.3, 0.4) is 0 Å². The molecule has 0 amide bonds. The number of aliphatic hydroxyl groups is 1. The van der Waals surface area contributed by atoms with Crippen molar-refractivity contribution in [2.75, 3.05) is 18.1 Å². The van der Waals surface area contributed by atoms with E-state index in [0.717, 1.165) is 45.1 Å². The van der Waals surface area contributed by atoms with Gasteiger partial charge in [0.05, 0.1) is 17.6 Å². The highest BCUT2D eigenvalue weighted by Crippen LogP contribution is 2.24. The van der Waals surface area contributed by atoms with Crippen molar-refractivity contribution in [3.05, 3.63) is 0 Å². The molecule has 1 heterocycles. The normalized spacial score (nSPS) is 34.6. The van der Waals surface area contributed by atoms with Crippen molar-refractivity contribution in [3.63, 3.8) is 0 Å². The van der Waals surface area contributed by atoms with Crippen molar-refractivity contribution < 1.29 is 13.5 Å². The van der Waals surface area contributed by atoms with Gasteiger partial charge in [-0.3, -0.25) is 0 Å². The molecule has 4 nitrogen and oxygen atoms in total. The first-order valence-corrected chi connectivity index (χ1v) is 8.49. The lowest BCUT2D eigenvalue weighted by molar-refractivity contribution is 0.107. The quantitative estimate of drug-likeness (QED) is 0.785. The average molecular weight is 261 g/mol. The van der Waals surface area contributed by atoms with Crippen molar-refractivity contribution in [1.82, 2.24) is 5.32 Å². The van der Waals surface area contributed by atoms with E-state index in [-0.39, 0.29) is 6.10 Å². The van der Waals surface area contributed by atoms with Gasteiger partial charge in [-0.2, -0.15) is 0 Å². The predicted octanol–water partition coefficient (Wildman–Crippen LogP) is 0.704. The summed E-state index contributed by atoms with van der Waals surface area (Å²) in [6, 6.07) is 0.380. The third-order valence-corrected chi connectivity index (χ3v) is 5.78. The Hall–Kier alpha value is -0.130. The van der Waals surface area contributed by atoms with Crippen molar-refractivity contribution in [2.45, 2.75) is 50.7 Å². The van der Waals surface area contributed by atoms with Crippen LogP contribution in [0.4, 0.5) is 0 Å². The largest absolute Gasteiger partial charge is 0.393 e. The van der Waals surface area contributed by atoms with Crippen molar-refractivity contribution in [2.24, 2.45) is 5.92 Å². The molecule has 0 bridgehead atoms. The molecule has 5 heteroatoms. The molecule has 0 unspecified atom stereocenters. The van der Waals surface area contributed by atoms with Gasteiger partial charge in [-0.1, -0.05) is 0 Å². The summed E-state index contributed by atoms with van der Waals surface area (Å²) in [4.78, 5) is 0. The topological polar surface area (TPSA) is 66.4 Å². The van der Waals surface area contributed by atoms with E-state index in [4.69, 9.17) is 0 Å². The van der Waals surface area contributed by atoms with Crippen LogP contribution in [0.1, 0.15) is 38.5 Å². The van der Waals surface area contributed by atoms with Crippen LogP contribution in [0.15, 0.2) is 0 Å². The molecule has 100 valence electrons. The van der Waals surface area contributed by atoms with Gasteiger partial charge in [-0.25, -0.2) is 8.42 Å². The van der Waals surface area contributed by atoms with E-state index >= 15 is 0 Å². The Morgan fingerprint density at radius 3 is 2.18 bits per heavy atom. The molecule has 0 aromatic heterocycles. The third kappa shape index (κ3) is 4.23. The van der Waals surface area contributed by atoms with Gasteiger partial charge in [-0.15, -0.1) is 0 Å². The van der Waals surface area contributed by atoms with Gasteiger partial charge in [0.15, 0.2) is 0 Å². The van der Waals surface area contributed by atoms with Gasteiger partial charge in [0.25, 0.3) is 0 Å². The zero-order valence-electron chi connectivity index (χ0n) is 10.3. The van der Waals surface area contributed by atoms with Crippen LogP contribution in [-0.2, 0) is 9.84 Å². The molecular weight excluding hydrogens is 238 g/mol. The van der Waals surface area contributed by atoms with Gasteiger partial charge in [0.2, 0.25) is 0 Å². The Morgan fingerprint density at radius 2 is 1.59 bits per heavy atom. The number of nitrogens with one attached hydrogen (secondary N) is 1. The van der Waals surface area contributed by atoms with Crippen LogP contribution < -0.4 is 5.32 Å². The van der Waals surface area contributed by atoms with E-state index in [1.807, 2.05) is 0 Å². The fourth-order valence-electron chi connectivity index (χ4n) is 2.78. The predicted molar refractivity (Wildman–Crippen MR) is 67.6 cm³/mol. The Labute approximate surface area is 104 Å². The summed E-state index contributed by atoms with van der Waals surface area (Å²) < 4.78 is 22.6. The fraction of sp³-hybridized carbons (Fsp3) is 1.00. The summed E-state index contributed by atoms with van der Waals surface area (Å²) in [5.41, 5.74) is 0. The number of aliphatic hydroxyl groups excluding tert-OH is 1. The molecule has 0 radical (unpaired) electrons. The first kappa shape index (κ1) is 13.3. The molecule has 0 aromatic carbocycles. The van der Waals surface area contributed by atoms with Crippen LogP contribution >= 0.6 is 0 Å². The number of rotatable bonds is 3. The summed E-state index contributed by atoms with van der Waals surface area (Å²) in [5.74, 6) is 1.35. The van der Waals surface area contributed by atoms with Crippen molar-refractivity contribution in [3.8, 4) is 0 Å². The van der Waals surface area contributed by atoms with Gasteiger partial charge in [0.1, 0.15) is 9.84 Å². The second kappa shape index (κ2) is 5.67. The van der Waals surface area contributed by atoms with Crippen molar-refractivity contribution in [1.29, 1.82) is 0 Å². The summed E-state index contributed by atoms with van der Waals surface area (Å²) in [6.45, 7) is 0.984. The Bertz CT molecular complexity index is 320. The van der Waals surface area contributed by atoms with E-state index in [2.05, 4.69) is 5.32 Å². The molecule has 2 rings (SSSR count). The summed E-state index contributed by atoms with van der Waals surface area (Å²) in [7, 11) is -2.74. The van der Waals surface area contributed by atoms with E-state index < -0.39 is 9.84 Å². The zero-order valence-corrected chi connectivity index (χ0v) is 11.1. The standard InChI is InChI=1S/C12H23NO3S/c14-12-3-1-10(2-4-12)9-13-11-5-7-17(15,16)8-6-11/h10-14H,1-9H2. The smallest absolute Gasteiger partial charge is 0.150 e. The molecule has 1 saturated heterocycles. The molecule has 2 N–H and O–H groups in total. The van der Waals surface area contributed by atoms with E-state index in [9.17, 15) is 13.5 Å². The maximum Gasteiger partial charge on any atom is 0.150 e. The minimum absolute atomic E-state index is 0.0916. The molecule has 17 heavy (non-hydrogen) atoms. The second-order valence-electron chi connectivity index (χ2n) is 5.51. The Balaban J connectivity index is 1.66. The minimum Gasteiger partial charge on any atom is -0.393 e. The summed E-state index contributed by atoms with van der Waals surface area (Å²) in [5, 5.41) is 12.9. The van der Waals surface area contributed by atoms with Crippen LogP contribution in [0, 0.1) is 5.92 Å². The average Bonchev–Trinajstić information content (AvgIpc) is 2.30. The summed E-state index contributed by atoms with van der Waals surface area (Å²) >= 11 is 0. The first-order valence-electron chi connectivity index (χ1n) is 6.67. The minimum atomic E-state index is -2.74. The monoisotopic (exact) mass is 261 g/mol. The molecule has 1 saturated carbocycles. The highest BCUT2D eigenvalue weighted by Gasteiger charge is 2.25. The second-order valence-corrected chi connectivity index (χ2v) is 7.81. The maximum atomic E-state index is 11.3. The lowest BCUT2D eigenvalue weighted by Gasteiger charge is -2.29. The number of hydrogen-bond acceptors (Lipinski definition) is 4. The van der Waals surface area contributed by atoms with Crippen LogP contribution in [0.25, 0.3) is 0 Å². The van der Waals surface area contributed by atoms with E-state index in [1.165, 1.54) is 0 Å². The zero-order chi connectivity index (χ0) is 12.3. The third-order valence-electron chi connectivity index (χ3n) is 4.07. The molecular formula is C12H23NO3S. The van der Waals surface area contributed by atoms with Crippen LogP contribution in [0.5, 0.6) is 0 Å². The SMILES string of the molecule is O=S1(=O)CCC(NCC2CCC(O)CC2)CC1.